The lowest BCUT2D eigenvalue weighted by molar-refractivity contribution is 0.467. The second-order valence-electron chi connectivity index (χ2n) is 4.86. The van der Waals surface area contributed by atoms with Crippen LogP contribution in [0.2, 0.25) is 0 Å². The summed E-state index contributed by atoms with van der Waals surface area (Å²) in [6.45, 7) is 5.66. The molecule has 0 radical (unpaired) electrons. The largest absolute Gasteiger partial charge is 0.507 e. The molecule has 3 rings (SSSR count). The Morgan fingerprint density at radius 3 is 2.42 bits per heavy atom. The molecule has 0 saturated carbocycles. The Hall–Kier alpha value is -1.87. The molecule has 0 spiro atoms. The molecule has 19 heavy (non-hydrogen) atoms. The molecule has 1 N–H and O–H groups in total. The summed E-state index contributed by atoms with van der Waals surface area (Å²) in [5.74, 6) is 0.240. The quantitative estimate of drug-likeness (QED) is 0.626. The molecule has 0 aliphatic heterocycles. The van der Waals surface area contributed by atoms with Crippen LogP contribution in [0.4, 0.5) is 0 Å². The smallest absolute Gasteiger partial charge is 0.196 e. The zero-order valence-corrected chi connectivity index (χ0v) is 11.9. The molecular weight excluding hydrogens is 256 g/mol. The molecule has 3 aromatic rings. The van der Waals surface area contributed by atoms with Gasteiger partial charge in [-0.2, -0.15) is 0 Å². The predicted octanol–water partition coefficient (Wildman–Crippen LogP) is 4.05. The van der Waals surface area contributed by atoms with Gasteiger partial charge in [-0.05, 0) is 44.0 Å². The minimum Gasteiger partial charge on any atom is -0.507 e. The average Bonchev–Trinajstić information content (AvgIpc) is 2.43. The highest BCUT2D eigenvalue weighted by Crippen LogP contribution is 2.36. The van der Waals surface area contributed by atoms with E-state index in [1.54, 1.807) is 11.3 Å². The molecule has 0 aliphatic carbocycles. The number of hydrogen-bond donors (Lipinski definition) is 1. The summed E-state index contributed by atoms with van der Waals surface area (Å²) in [5.41, 5.74) is 2.55. The van der Waals surface area contributed by atoms with Crippen molar-refractivity contribution in [3.63, 3.8) is 0 Å². The maximum Gasteiger partial charge on any atom is 0.196 e. The summed E-state index contributed by atoms with van der Waals surface area (Å²) in [6, 6.07) is 7.63. The highest BCUT2D eigenvalue weighted by atomic mass is 32.1. The Morgan fingerprint density at radius 2 is 1.68 bits per heavy atom. The highest BCUT2D eigenvalue weighted by Gasteiger charge is 2.15. The van der Waals surface area contributed by atoms with Gasteiger partial charge in [-0.15, -0.1) is 11.3 Å². The van der Waals surface area contributed by atoms with E-state index < -0.39 is 0 Å². The van der Waals surface area contributed by atoms with Crippen LogP contribution >= 0.6 is 11.3 Å². The second-order valence-corrected chi connectivity index (χ2v) is 5.91. The lowest BCUT2D eigenvalue weighted by Crippen LogP contribution is -2.04. The van der Waals surface area contributed by atoms with E-state index in [4.69, 9.17) is 0 Å². The molecule has 0 atom stereocenters. The lowest BCUT2D eigenvalue weighted by Gasteiger charge is -2.12. The van der Waals surface area contributed by atoms with Crippen LogP contribution in [0.5, 0.6) is 5.75 Å². The summed E-state index contributed by atoms with van der Waals surface area (Å²) in [4.78, 5) is 12.6. The van der Waals surface area contributed by atoms with Crippen molar-refractivity contribution in [3.8, 4) is 5.75 Å². The number of phenolic OH excluding ortho intramolecular Hbond substituents is 1. The summed E-state index contributed by atoms with van der Waals surface area (Å²) in [5, 5.41) is 11.5. The third kappa shape index (κ3) is 1.58. The fraction of sp³-hybridized carbons (Fsp3) is 0.188. The van der Waals surface area contributed by atoms with E-state index in [-0.39, 0.29) is 11.2 Å². The molecule has 0 bridgehead atoms. The van der Waals surface area contributed by atoms with Gasteiger partial charge >= 0.3 is 0 Å². The van der Waals surface area contributed by atoms with Crippen LogP contribution in [0, 0.1) is 20.8 Å². The molecule has 96 valence electrons. The van der Waals surface area contributed by atoms with E-state index in [1.165, 1.54) is 0 Å². The van der Waals surface area contributed by atoms with Gasteiger partial charge in [-0.3, -0.25) is 4.79 Å². The molecule has 2 aromatic carbocycles. The van der Waals surface area contributed by atoms with Crippen molar-refractivity contribution in [2.75, 3.05) is 0 Å². The lowest BCUT2D eigenvalue weighted by atomic mass is 10.00. The van der Waals surface area contributed by atoms with Crippen LogP contribution in [0.25, 0.3) is 20.2 Å². The van der Waals surface area contributed by atoms with Gasteiger partial charge in [0, 0.05) is 25.7 Å². The molecule has 2 nitrogen and oxygen atoms in total. The number of aromatic hydroxyl groups is 1. The van der Waals surface area contributed by atoms with E-state index in [1.807, 2.05) is 45.0 Å². The van der Waals surface area contributed by atoms with Gasteiger partial charge in [-0.1, -0.05) is 12.1 Å². The molecule has 3 heteroatoms. The highest BCUT2D eigenvalue weighted by molar-refractivity contribution is 7.24. The molecule has 0 unspecified atom stereocenters. The summed E-state index contributed by atoms with van der Waals surface area (Å²) in [6.07, 6.45) is 0. The zero-order valence-electron chi connectivity index (χ0n) is 11.1. The molecule has 1 aromatic heterocycles. The molecule has 0 aliphatic rings. The van der Waals surface area contributed by atoms with Crippen LogP contribution in [0.3, 0.4) is 0 Å². The van der Waals surface area contributed by atoms with Gasteiger partial charge in [0.25, 0.3) is 0 Å². The van der Waals surface area contributed by atoms with Crippen molar-refractivity contribution in [2.45, 2.75) is 20.8 Å². The van der Waals surface area contributed by atoms with Crippen molar-refractivity contribution in [3.05, 3.63) is 51.2 Å². The van der Waals surface area contributed by atoms with Gasteiger partial charge in [-0.25, -0.2) is 0 Å². The topological polar surface area (TPSA) is 37.3 Å². The van der Waals surface area contributed by atoms with Crippen LogP contribution in [-0.2, 0) is 0 Å². The van der Waals surface area contributed by atoms with Gasteiger partial charge in [0.15, 0.2) is 5.43 Å². The Morgan fingerprint density at radius 1 is 1.00 bits per heavy atom. The van der Waals surface area contributed by atoms with Crippen molar-refractivity contribution in [1.29, 1.82) is 0 Å². The van der Waals surface area contributed by atoms with Crippen LogP contribution in [-0.4, -0.2) is 5.11 Å². The number of benzene rings is 2. The van der Waals surface area contributed by atoms with Crippen molar-refractivity contribution >= 4 is 31.5 Å². The van der Waals surface area contributed by atoms with E-state index in [9.17, 15) is 9.90 Å². The second kappa shape index (κ2) is 4.07. The average molecular weight is 270 g/mol. The Balaban J connectivity index is 2.71. The monoisotopic (exact) mass is 270 g/mol. The molecule has 0 amide bonds. The standard InChI is InChI=1S/C16H14O2S/c1-8-9(2)16-13(10(3)14(8)17)15(18)11-6-4-5-7-12(11)19-16/h4-7,17H,1-3H3. The third-order valence-corrected chi connectivity index (χ3v) is 5.08. The number of aryl methyl sites for hydroxylation is 2. The van der Waals surface area contributed by atoms with Crippen LogP contribution < -0.4 is 5.43 Å². The normalized spacial score (nSPS) is 11.3. The first-order chi connectivity index (χ1) is 9.02. The van der Waals surface area contributed by atoms with Gasteiger partial charge in [0.2, 0.25) is 0 Å². The predicted molar refractivity (Wildman–Crippen MR) is 81.5 cm³/mol. The molecule has 1 heterocycles. The van der Waals surface area contributed by atoms with Crippen molar-refractivity contribution < 1.29 is 5.11 Å². The number of phenols is 1. The zero-order chi connectivity index (χ0) is 13.7. The summed E-state index contributed by atoms with van der Waals surface area (Å²) in [7, 11) is 0. The van der Waals surface area contributed by atoms with E-state index >= 15 is 0 Å². The minimum absolute atomic E-state index is 0.0141. The van der Waals surface area contributed by atoms with Gasteiger partial charge in [0.1, 0.15) is 5.75 Å². The Labute approximate surface area is 114 Å². The number of rotatable bonds is 0. The van der Waals surface area contributed by atoms with Gasteiger partial charge < -0.3 is 5.11 Å². The fourth-order valence-electron chi connectivity index (χ4n) is 2.49. The SMILES string of the molecule is Cc1c(O)c(C)c2c(=O)c3ccccc3sc2c1C. The fourth-order valence-corrected chi connectivity index (χ4v) is 3.79. The summed E-state index contributed by atoms with van der Waals surface area (Å²) >= 11 is 1.62. The Kier molecular flexibility index (Phi) is 2.61. The van der Waals surface area contributed by atoms with Gasteiger partial charge in [0.05, 0.1) is 0 Å². The molecule has 0 saturated heterocycles. The van der Waals surface area contributed by atoms with E-state index in [0.29, 0.717) is 10.9 Å². The maximum absolute atomic E-state index is 12.6. The van der Waals surface area contributed by atoms with Crippen molar-refractivity contribution in [1.82, 2.24) is 0 Å². The third-order valence-electron chi connectivity index (χ3n) is 3.79. The van der Waals surface area contributed by atoms with E-state index in [0.717, 1.165) is 25.9 Å². The Bertz CT molecular complexity index is 875. The maximum atomic E-state index is 12.6. The van der Waals surface area contributed by atoms with Crippen molar-refractivity contribution in [2.24, 2.45) is 0 Å². The molecular formula is C16H14O2S. The molecule has 0 fully saturated rings. The van der Waals surface area contributed by atoms with Crippen LogP contribution in [0.1, 0.15) is 16.7 Å². The van der Waals surface area contributed by atoms with E-state index in [2.05, 4.69) is 0 Å². The first-order valence-electron chi connectivity index (χ1n) is 6.16. The summed E-state index contributed by atoms with van der Waals surface area (Å²) < 4.78 is 1.98. The van der Waals surface area contributed by atoms with Crippen LogP contribution in [0.15, 0.2) is 29.1 Å². The first-order valence-corrected chi connectivity index (χ1v) is 6.98. The minimum atomic E-state index is 0.0141. The number of fused-ring (bicyclic) bond motifs is 2. The first kappa shape index (κ1) is 12.2. The number of hydrogen-bond acceptors (Lipinski definition) is 3.